The molecule has 10 nitrogen and oxygen atoms in total. The molecule has 43 heavy (non-hydrogen) atoms. The summed E-state index contributed by atoms with van der Waals surface area (Å²) in [6.45, 7) is 2.97. The molecule has 232 valence electrons. The molecule has 2 aromatic carbocycles. The third-order valence-electron chi connectivity index (χ3n) is 8.24. The highest BCUT2D eigenvalue weighted by molar-refractivity contribution is 7.89. The molecule has 0 saturated carbocycles. The smallest absolute Gasteiger partial charge is 0.406 e. The van der Waals surface area contributed by atoms with Crippen molar-refractivity contribution >= 4 is 27.7 Å². The Morgan fingerprint density at radius 1 is 1.12 bits per heavy atom. The number of amidine groups is 1. The summed E-state index contributed by atoms with van der Waals surface area (Å²) in [5.74, 6) is -1.01. The SMILES string of the molecule is Cc1cc(C(=O)N2CCC(O)CC2)ccc1CCS(=O)(=O)N1CCC2(CC1)N=C(c1cccc(OC(F)(F)F)c1)NC2=O. The quantitative estimate of drug-likeness (QED) is 0.489. The van der Waals surface area contributed by atoms with E-state index >= 15 is 0 Å². The number of nitrogens with zero attached hydrogens (tertiary/aromatic N) is 3. The molecule has 0 unspecified atom stereocenters. The number of aryl methyl sites for hydroxylation is 2. The lowest BCUT2D eigenvalue weighted by molar-refractivity contribution is -0.274. The number of alkyl halides is 3. The normalized spacial score (nSPS) is 19.8. The summed E-state index contributed by atoms with van der Waals surface area (Å²) in [5, 5.41) is 12.3. The Balaban J connectivity index is 1.19. The van der Waals surface area contributed by atoms with Gasteiger partial charge in [-0.25, -0.2) is 12.7 Å². The monoisotopic (exact) mass is 622 g/mol. The van der Waals surface area contributed by atoms with Crippen molar-refractivity contribution in [1.29, 1.82) is 0 Å². The van der Waals surface area contributed by atoms with Gasteiger partial charge in [0, 0.05) is 37.3 Å². The lowest BCUT2D eigenvalue weighted by Crippen LogP contribution is -2.50. The topological polar surface area (TPSA) is 129 Å². The lowest BCUT2D eigenvalue weighted by atomic mass is 9.89. The number of amides is 2. The van der Waals surface area contributed by atoms with E-state index in [1.54, 1.807) is 23.1 Å². The Hall–Kier alpha value is -3.49. The first-order chi connectivity index (χ1) is 20.2. The molecule has 14 heteroatoms. The number of sulfonamides is 1. The van der Waals surface area contributed by atoms with Crippen LogP contribution in [0.5, 0.6) is 5.75 Å². The maximum atomic E-state index is 13.2. The molecule has 0 bridgehead atoms. The summed E-state index contributed by atoms with van der Waals surface area (Å²) in [4.78, 5) is 32.0. The molecule has 2 N–H and O–H groups in total. The Morgan fingerprint density at radius 3 is 2.47 bits per heavy atom. The first-order valence-corrected chi connectivity index (χ1v) is 15.7. The number of benzene rings is 2. The Morgan fingerprint density at radius 2 is 1.81 bits per heavy atom. The fourth-order valence-corrected chi connectivity index (χ4v) is 7.17. The second-order valence-corrected chi connectivity index (χ2v) is 13.2. The fraction of sp³-hybridized carbons (Fsp3) is 0.483. The Kier molecular flexibility index (Phi) is 8.56. The van der Waals surface area contributed by atoms with Gasteiger partial charge in [-0.3, -0.25) is 14.6 Å². The third-order valence-corrected chi connectivity index (χ3v) is 10.1. The molecule has 2 aromatic rings. The van der Waals surface area contributed by atoms with Crippen LogP contribution in [0.4, 0.5) is 13.2 Å². The van der Waals surface area contributed by atoms with Crippen LogP contribution in [0.25, 0.3) is 0 Å². The predicted molar refractivity (Wildman–Crippen MR) is 151 cm³/mol. The molecule has 3 aliphatic rings. The minimum Gasteiger partial charge on any atom is -0.406 e. The number of nitrogens with one attached hydrogen (secondary N) is 1. The second kappa shape index (κ2) is 11.9. The first-order valence-electron chi connectivity index (χ1n) is 14.1. The molecule has 0 atom stereocenters. The number of halogens is 3. The van der Waals surface area contributed by atoms with Crippen LogP contribution in [0.2, 0.25) is 0 Å². The number of hydrogen-bond donors (Lipinski definition) is 2. The molecule has 5 rings (SSSR count). The second-order valence-electron chi connectivity index (χ2n) is 11.2. The maximum Gasteiger partial charge on any atom is 0.573 e. The average molecular weight is 623 g/mol. The molecule has 2 amide bonds. The van der Waals surface area contributed by atoms with Crippen LogP contribution in [0, 0.1) is 6.92 Å². The van der Waals surface area contributed by atoms with Crippen molar-refractivity contribution < 1.29 is 41.0 Å². The van der Waals surface area contributed by atoms with Gasteiger partial charge in [-0.15, -0.1) is 13.2 Å². The van der Waals surface area contributed by atoms with E-state index in [0.717, 1.165) is 23.3 Å². The van der Waals surface area contributed by atoms with Crippen molar-refractivity contribution in [3.63, 3.8) is 0 Å². The van der Waals surface area contributed by atoms with Crippen LogP contribution < -0.4 is 10.1 Å². The van der Waals surface area contributed by atoms with E-state index in [2.05, 4.69) is 15.0 Å². The number of carbonyl (C=O) groups is 2. The van der Waals surface area contributed by atoms with Gasteiger partial charge in [0.05, 0.1) is 11.9 Å². The van der Waals surface area contributed by atoms with Gasteiger partial charge in [0.1, 0.15) is 17.1 Å². The predicted octanol–water partition coefficient (Wildman–Crippen LogP) is 2.77. The number of rotatable bonds is 7. The number of likely N-dealkylation sites (tertiary alicyclic amines) is 1. The lowest BCUT2D eigenvalue weighted by Gasteiger charge is -2.34. The third kappa shape index (κ3) is 7.02. The summed E-state index contributed by atoms with van der Waals surface area (Å²) in [6.07, 6.45) is -3.64. The Bertz CT molecular complexity index is 1530. The zero-order chi connectivity index (χ0) is 31.0. The van der Waals surface area contributed by atoms with E-state index in [1.165, 1.54) is 16.4 Å². The number of carbonyl (C=O) groups excluding carboxylic acids is 2. The molecule has 0 aromatic heterocycles. The molecule has 3 heterocycles. The van der Waals surface area contributed by atoms with E-state index in [9.17, 15) is 36.3 Å². The first kappa shape index (κ1) is 31.0. The number of aliphatic hydroxyl groups is 1. The zero-order valence-electron chi connectivity index (χ0n) is 23.6. The minimum atomic E-state index is -4.86. The average Bonchev–Trinajstić information content (AvgIpc) is 3.27. The van der Waals surface area contributed by atoms with Gasteiger partial charge in [-0.1, -0.05) is 18.2 Å². The van der Waals surface area contributed by atoms with Crippen molar-refractivity contribution in [2.24, 2.45) is 4.99 Å². The van der Waals surface area contributed by atoms with E-state index < -0.39 is 33.6 Å². The molecule has 0 aliphatic carbocycles. The minimum absolute atomic E-state index is 0.0702. The summed E-state index contributed by atoms with van der Waals surface area (Å²) < 4.78 is 69.6. The maximum absolute atomic E-state index is 13.2. The van der Waals surface area contributed by atoms with E-state index in [1.807, 2.05) is 6.92 Å². The van der Waals surface area contributed by atoms with Crippen molar-refractivity contribution in [2.45, 2.75) is 57.0 Å². The van der Waals surface area contributed by atoms with Crippen molar-refractivity contribution in [3.8, 4) is 5.75 Å². The van der Waals surface area contributed by atoms with E-state index in [0.29, 0.717) is 31.5 Å². The number of aliphatic imine (C=N–C) groups is 1. The van der Waals surface area contributed by atoms with Gasteiger partial charge >= 0.3 is 6.36 Å². The van der Waals surface area contributed by atoms with Gasteiger partial charge in [0.15, 0.2) is 0 Å². The van der Waals surface area contributed by atoms with Gasteiger partial charge in [-0.05, 0) is 74.4 Å². The molecule has 2 saturated heterocycles. The van der Waals surface area contributed by atoms with Gasteiger partial charge < -0.3 is 20.1 Å². The van der Waals surface area contributed by atoms with Crippen LogP contribution in [-0.4, -0.2) is 90.3 Å². The molecule has 0 radical (unpaired) electrons. The Labute approximate surface area is 247 Å². The molecular formula is C29H33F3N4O6S. The summed E-state index contributed by atoms with van der Waals surface area (Å²) in [7, 11) is -3.67. The summed E-state index contributed by atoms with van der Waals surface area (Å²) in [5.41, 5.74) is 1.19. The molecule has 1 spiro atoms. The molecule has 3 aliphatic heterocycles. The number of hydrogen-bond acceptors (Lipinski definition) is 7. The number of aliphatic hydroxyl groups excluding tert-OH is 1. The van der Waals surface area contributed by atoms with Crippen molar-refractivity contribution in [1.82, 2.24) is 14.5 Å². The summed E-state index contributed by atoms with van der Waals surface area (Å²) in [6, 6.07) is 10.4. The molecule has 2 fully saturated rings. The van der Waals surface area contributed by atoms with Crippen LogP contribution in [0.1, 0.15) is 52.7 Å². The highest BCUT2D eigenvalue weighted by atomic mass is 32.2. The van der Waals surface area contributed by atoms with Gasteiger partial charge in [0.25, 0.3) is 11.8 Å². The summed E-state index contributed by atoms with van der Waals surface area (Å²) >= 11 is 0. The van der Waals surface area contributed by atoms with Crippen LogP contribution in [0.15, 0.2) is 47.5 Å². The van der Waals surface area contributed by atoms with Crippen LogP contribution in [-0.2, 0) is 21.2 Å². The highest BCUT2D eigenvalue weighted by Crippen LogP contribution is 2.33. The van der Waals surface area contributed by atoms with Crippen LogP contribution in [0.3, 0.4) is 0 Å². The highest BCUT2D eigenvalue weighted by Gasteiger charge is 2.47. The standard InChI is InChI=1S/C29H33F3N4O6S/c1-19-17-22(26(38)35-12-7-23(37)8-13-35)6-5-20(19)9-16-43(40,41)36-14-10-28(11-15-36)27(39)33-25(34-28)21-3-2-4-24(18-21)42-29(30,31)32/h2-6,17-18,23,37H,7-16H2,1H3,(H,33,34,39). The fourth-order valence-electron chi connectivity index (χ4n) is 5.70. The van der Waals surface area contributed by atoms with Gasteiger partial charge in [0.2, 0.25) is 10.0 Å². The zero-order valence-corrected chi connectivity index (χ0v) is 24.4. The van der Waals surface area contributed by atoms with E-state index in [4.69, 9.17) is 0 Å². The van der Waals surface area contributed by atoms with Crippen molar-refractivity contribution in [2.75, 3.05) is 31.9 Å². The molecular weight excluding hydrogens is 589 g/mol. The number of ether oxygens (including phenoxy) is 1. The van der Waals surface area contributed by atoms with Crippen molar-refractivity contribution in [3.05, 3.63) is 64.7 Å². The van der Waals surface area contributed by atoms with Gasteiger partial charge in [-0.2, -0.15) is 0 Å². The van der Waals surface area contributed by atoms with E-state index in [-0.39, 0.29) is 61.5 Å². The van der Waals surface area contributed by atoms with Crippen LogP contribution >= 0.6 is 0 Å². The largest absolute Gasteiger partial charge is 0.573 e. The number of piperidine rings is 2.